The fourth-order valence-electron chi connectivity index (χ4n) is 2.91. The molecule has 0 saturated carbocycles. The summed E-state index contributed by atoms with van der Waals surface area (Å²) in [7, 11) is 0. The predicted octanol–water partition coefficient (Wildman–Crippen LogP) is 3.24. The van der Waals surface area contributed by atoms with Crippen molar-refractivity contribution in [1.29, 1.82) is 0 Å². The summed E-state index contributed by atoms with van der Waals surface area (Å²) in [5, 5.41) is 0.317. The average molecular weight is 265 g/mol. The lowest BCUT2D eigenvalue weighted by Gasteiger charge is -2.22. The minimum atomic E-state index is -1.54. The second-order valence-electron chi connectivity index (χ2n) is 4.90. The predicted molar refractivity (Wildman–Crippen MR) is 73.3 cm³/mol. The van der Waals surface area contributed by atoms with Crippen LogP contribution < -0.4 is 5.73 Å². The largest absolute Gasteiger partial charge is 0.369 e. The maximum absolute atomic E-state index is 11.7. The van der Waals surface area contributed by atoms with E-state index in [2.05, 4.69) is 0 Å². The zero-order valence-corrected chi connectivity index (χ0v) is 10.9. The lowest BCUT2D eigenvalue weighted by atomic mass is 9.82. The second-order valence-corrected chi connectivity index (χ2v) is 5.31. The molecule has 0 bridgehead atoms. The van der Waals surface area contributed by atoms with Crippen molar-refractivity contribution in [3.8, 4) is 0 Å². The Kier molecular flexibility index (Phi) is 2.01. The third-order valence-electron chi connectivity index (χ3n) is 3.80. The van der Waals surface area contributed by atoms with Gasteiger partial charge in [-0.05, 0) is 72.5 Å². The molecule has 2 aliphatic rings. The molecule has 1 aromatic carbocycles. The van der Waals surface area contributed by atoms with Crippen LogP contribution in [0.4, 0.5) is 0 Å². The molecule has 0 heterocycles. The number of nitrogens with two attached hydrogens (primary N) is 1. The first-order chi connectivity index (χ1) is 9.74. The van der Waals surface area contributed by atoms with Gasteiger partial charge in [0.15, 0.2) is 0 Å². The van der Waals surface area contributed by atoms with Gasteiger partial charge in [-0.25, -0.2) is 0 Å². The van der Waals surface area contributed by atoms with Crippen LogP contribution in [0.25, 0.3) is 5.57 Å². The van der Waals surface area contributed by atoms with Gasteiger partial charge in [-0.1, -0.05) is 11.6 Å². The topological polar surface area (TPSA) is 43.1 Å². The van der Waals surface area contributed by atoms with E-state index in [-0.39, 0.29) is 12.5 Å². The maximum Gasteiger partial charge on any atom is 0.224 e. The van der Waals surface area contributed by atoms with Crippen molar-refractivity contribution in [2.75, 3.05) is 0 Å². The second kappa shape index (κ2) is 4.13. The van der Waals surface area contributed by atoms with E-state index in [4.69, 9.17) is 21.4 Å². The summed E-state index contributed by atoms with van der Waals surface area (Å²) in [4.78, 5) is 11.7. The minimum absolute atomic E-state index is 0.149. The van der Waals surface area contributed by atoms with Crippen molar-refractivity contribution in [1.82, 2.24) is 0 Å². The Morgan fingerprint density at radius 1 is 1.67 bits per heavy atom. The molecule has 94 valence electrons. The Morgan fingerprint density at radius 2 is 2.44 bits per heavy atom. The molecule has 18 heavy (non-hydrogen) atoms. The summed E-state index contributed by atoms with van der Waals surface area (Å²) in [6.07, 6.45) is -0.384. The highest BCUT2D eigenvalue weighted by molar-refractivity contribution is 6.30. The molecule has 1 atom stereocenters. The lowest BCUT2D eigenvalue weighted by Crippen LogP contribution is -2.27. The van der Waals surface area contributed by atoms with Gasteiger partial charge in [-0.2, -0.15) is 0 Å². The van der Waals surface area contributed by atoms with Crippen LogP contribution in [0.2, 0.25) is 5.02 Å². The minimum Gasteiger partial charge on any atom is -0.369 e. The average Bonchev–Trinajstić information content (AvgIpc) is 2.77. The van der Waals surface area contributed by atoms with E-state index in [9.17, 15) is 4.79 Å². The van der Waals surface area contributed by atoms with Crippen molar-refractivity contribution < 1.29 is 8.91 Å². The Bertz CT molecular complexity index is 697. The molecule has 1 aromatic rings. The molecular formula is C15H16ClNO. The number of fused-ring (bicyclic) bond motifs is 2. The number of benzene rings is 1. The van der Waals surface area contributed by atoms with E-state index in [0.29, 0.717) is 29.0 Å². The monoisotopic (exact) mass is 264 g/mol. The molecule has 0 spiro atoms. The zero-order chi connectivity index (χ0) is 15.5. The van der Waals surface area contributed by atoms with Gasteiger partial charge in [0.1, 0.15) is 0 Å². The number of allylic oxidation sites excluding steroid dienone is 1. The summed E-state index contributed by atoms with van der Waals surface area (Å²) in [6, 6.07) is 1.88. The number of carbonyl (C=O) groups excluding carboxylic acids is 1. The Balaban J connectivity index is 2.30. The Hall–Kier alpha value is -1.28. The van der Waals surface area contributed by atoms with Crippen LogP contribution in [0.3, 0.4) is 0 Å². The van der Waals surface area contributed by atoms with Crippen LogP contribution in [0, 0.1) is 12.8 Å². The van der Waals surface area contributed by atoms with Gasteiger partial charge in [0.25, 0.3) is 0 Å². The number of amides is 1. The summed E-state index contributed by atoms with van der Waals surface area (Å²) in [5.74, 6) is -0.852. The number of halogens is 1. The molecule has 0 saturated heterocycles. The van der Waals surface area contributed by atoms with Gasteiger partial charge in [-0.15, -0.1) is 0 Å². The SMILES string of the molecule is [2H]c1c(Cl)cc(C)c2c1C1=C(C2)C(C(N)=O)CCC1([2H])[2H]. The first-order valence-corrected chi connectivity index (χ1v) is 6.43. The first kappa shape index (κ1) is 8.76. The molecule has 3 rings (SSSR count). The molecule has 1 amide bonds. The summed E-state index contributed by atoms with van der Waals surface area (Å²) in [6.45, 7) is 1.90. The summed E-state index contributed by atoms with van der Waals surface area (Å²) in [5.41, 5.74) is 9.12. The maximum atomic E-state index is 11.7. The van der Waals surface area contributed by atoms with Gasteiger partial charge >= 0.3 is 0 Å². The van der Waals surface area contributed by atoms with E-state index in [1.165, 1.54) is 0 Å². The zero-order valence-electron chi connectivity index (χ0n) is 13.1. The van der Waals surface area contributed by atoms with E-state index in [0.717, 1.165) is 16.7 Å². The molecule has 0 fully saturated rings. The highest BCUT2D eigenvalue weighted by Crippen LogP contribution is 2.45. The van der Waals surface area contributed by atoms with Gasteiger partial charge < -0.3 is 5.73 Å². The highest BCUT2D eigenvalue weighted by Gasteiger charge is 2.33. The summed E-state index contributed by atoms with van der Waals surface area (Å²) < 4.78 is 24.8. The number of rotatable bonds is 1. The number of hydrogen-bond acceptors (Lipinski definition) is 1. The molecule has 2 aliphatic carbocycles. The standard InChI is InChI=1S/C15H16ClNO/c1-8-5-9(16)6-13-10-3-2-4-11(15(17)18)14(10)7-12(8)13/h5-6,11H,2-4,7H2,1H3,(H2,17,18)/i3D2,6D. The molecule has 1 unspecified atom stereocenters. The summed E-state index contributed by atoms with van der Waals surface area (Å²) >= 11 is 6.10. The van der Waals surface area contributed by atoms with Crippen LogP contribution in [0.5, 0.6) is 0 Å². The van der Waals surface area contributed by atoms with Crippen molar-refractivity contribution in [2.45, 2.75) is 32.6 Å². The van der Waals surface area contributed by atoms with E-state index in [1.54, 1.807) is 6.07 Å². The van der Waals surface area contributed by atoms with Gasteiger partial charge in [-0.3, -0.25) is 4.79 Å². The normalized spacial score (nSPS) is 27.0. The number of carbonyl (C=O) groups is 1. The van der Waals surface area contributed by atoms with Crippen LogP contribution in [0.1, 0.15) is 40.0 Å². The van der Waals surface area contributed by atoms with Crippen LogP contribution in [0.15, 0.2) is 17.7 Å². The van der Waals surface area contributed by atoms with Crippen molar-refractivity contribution in [2.24, 2.45) is 11.7 Å². The van der Waals surface area contributed by atoms with Crippen LogP contribution in [-0.2, 0) is 11.2 Å². The van der Waals surface area contributed by atoms with Gasteiger partial charge in [0, 0.05) is 7.76 Å². The van der Waals surface area contributed by atoms with Crippen LogP contribution >= 0.6 is 11.6 Å². The molecule has 2 N–H and O–H groups in total. The fraction of sp³-hybridized carbons (Fsp3) is 0.400. The van der Waals surface area contributed by atoms with Crippen molar-refractivity contribution in [3.63, 3.8) is 0 Å². The molecule has 2 nitrogen and oxygen atoms in total. The molecule has 0 radical (unpaired) electrons. The molecule has 0 aliphatic heterocycles. The lowest BCUT2D eigenvalue weighted by molar-refractivity contribution is -0.121. The highest BCUT2D eigenvalue weighted by atomic mass is 35.5. The van der Waals surface area contributed by atoms with E-state index < -0.39 is 18.2 Å². The fourth-order valence-corrected chi connectivity index (χ4v) is 3.17. The molecule has 0 aromatic heterocycles. The third kappa shape index (κ3) is 1.67. The van der Waals surface area contributed by atoms with E-state index >= 15 is 0 Å². The van der Waals surface area contributed by atoms with E-state index in [1.807, 2.05) is 6.92 Å². The Morgan fingerprint density at radius 3 is 3.17 bits per heavy atom. The van der Waals surface area contributed by atoms with Crippen LogP contribution in [-0.4, -0.2) is 5.91 Å². The molecule has 3 heteroatoms. The van der Waals surface area contributed by atoms with Gasteiger partial charge in [0.05, 0.1) is 7.29 Å². The molecular weight excluding hydrogens is 246 g/mol. The third-order valence-corrected chi connectivity index (χ3v) is 4.01. The number of hydrogen-bond donors (Lipinski definition) is 1. The quantitative estimate of drug-likeness (QED) is 0.831. The smallest absolute Gasteiger partial charge is 0.224 e. The van der Waals surface area contributed by atoms with Crippen molar-refractivity contribution >= 4 is 23.1 Å². The Labute approximate surface area is 116 Å². The van der Waals surface area contributed by atoms with Crippen molar-refractivity contribution in [3.05, 3.63) is 39.4 Å². The number of primary amides is 1. The van der Waals surface area contributed by atoms with Gasteiger partial charge in [0.2, 0.25) is 5.91 Å². The first-order valence-electron chi connectivity index (χ1n) is 7.56. The number of aryl methyl sites for hydroxylation is 1.